The molecule has 1 aliphatic heterocycles. The number of benzene rings is 1. The highest BCUT2D eigenvalue weighted by molar-refractivity contribution is 5.66. The van der Waals surface area contributed by atoms with Gasteiger partial charge < -0.3 is 14.2 Å². The number of hydrogen-bond acceptors (Lipinski definition) is 4. The van der Waals surface area contributed by atoms with E-state index >= 15 is 0 Å². The summed E-state index contributed by atoms with van der Waals surface area (Å²) in [4.78, 5) is 11.4. The summed E-state index contributed by atoms with van der Waals surface area (Å²) in [7, 11) is 0. The Morgan fingerprint density at radius 2 is 2.05 bits per heavy atom. The summed E-state index contributed by atoms with van der Waals surface area (Å²) in [5.41, 5.74) is 0.435. The quantitative estimate of drug-likeness (QED) is 0.776. The molecule has 1 aromatic carbocycles. The van der Waals surface area contributed by atoms with Gasteiger partial charge in [0, 0.05) is 12.8 Å². The van der Waals surface area contributed by atoms with Gasteiger partial charge in [-0.2, -0.15) is 0 Å². The average molecular weight is 278 g/mol. The second kappa shape index (κ2) is 6.37. The van der Waals surface area contributed by atoms with Crippen LogP contribution in [-0.2, 0) is 25.6 Å². The van der Waals surface area contributed by atoms with E-state index in [4.69, 9.17) is 14.2 Å². The minimum absolute atomic E-state index is 0.0645. The SMILES string of the molecule is CC(=O)O[C@]1(COCc2ccccc2)CO[C@@H](C)C1C. The highest BCUT2D eigenvalue weighted by Gasteiger charge is 2.48. The van der Waals surface area contributed by atoms with Gasteiger partial charge in [-0.15, -0.1) is 0 Å². The maximum Gasteiger partial charge on any atom is 0.303 e. The Labute approximate surface area is 120 Å². The highest BCUT2D eigenvalue weighted by atomic mass is 16.6. The maximum atomic E-state index is 11.4. The molecule has 1 heterocycles. The van der Waals surface area contributed by atoms with E-state index in [0.29, 0.717) is 19.8 Å². The molecule has 0 radical (unpaired) electrons. The largest absolute Gasteiger partial charge is 0.454 e. The van der Waals surface area contributed by atoms with Gasteiger partial charge in [-0.25, -0.2) is 0 Å². The van der Waals surface area contributed by atoms with Crippen LogP contribution in [0.5, 0.6) is 0 Å². The van der Waals surface area contributed by atoms with Crippen molar-refractivity contribution in [2.75, 3.05) is 13.2 Å². The van der Waals surface area contributed by atoms with Crippen LogP contribution in [0.3, 0.4) is 0 Å². The monoisotopic (exact) mass is 278 g/mol. The van der Waals surface area contributed by atoms with Crippen LogP contribution in [0.25, 0.3) is 0 Å². The average Bonchev–Trinajstić information content (AvgIpc) is 2.68. The summed E-state index contributed by atoms with van der Waals surface area (Å²) in [6, 6.07) is 9.94. The molecule has 1 saturated heterocycles. The number of carbonyl (C=O) groups excluding carboxylic acids is 1. The molecule has 0 aliphatic carbocycles. The Kier molecular flexibility index (Phi) is 4.78. The van der Waals surface area contributed by atoms with Gasteiger partial charge in [0.15, 0.2) is 5.60 Å². The molecule has 4 heteroatoms. The predicted molar refractivity (Wildman–Crippen MR) is 75.2 cm³/mol. The summed E-state index contributed by atoms with van der Waals surface area (Å²) in [6.07, 6.45) is 0.0645. The third-order valence-electron chi connectivity index (χ3n) is 3.93. The van der Waals surface area contributed by atoms with Crippen LogP contribution >= 0.6 is 0 Å². The van der Waals surface area contributed by atoms with Crippen molar-refractivity contribution in [1.82, 2.24) is 0 Å². The van der Waals surface area contributed by atoms with E-state index in [9.17, 15) is 4.79 Å². The van der Waals surface area contributed by atoms with E-state index in [-0.39, 0.29) is 18.0 Å². The molecule has 0 aromatic heterocycles. The molecule has 0 N–H and O–H groups in total. The van der Waals surface area contributed by atoms with Crippen molar-refractivity contribution in [3.05, 3.63) is 35.9 Å². The Balaban J connectivity index is 1.97. The van der Waals surface area contributed by atoms with Gasteiger partial charge in [-0.3, -0.25) is 4.79 Å². The number of esters is 1. The molecule has 1 unspecified atom stereocenters. The van der Waals surface area contributed by atoms with Crippen molar-refractivity contribution in [2.24, 2.45) is 5.92 Å². The normalized spacial score (nSPS) is 29.4. The van der Waals surface area contributed by atoms with Gasteiger partial charge in [-0.1, -0.05) is 37.3 Å². The van der Waals surface area contributed by atoms with E-state index in [0.717, 1.165) is 5.56 Å². The first kappa shape index (κ1) is 15.0. The van der Waals surface area contributed by atoms with Crippen molar-refractivity contribution in [1.29, 1.82) is 0 Å². The van der Waals surface area contributed by atoms with Crippen LogP contribution in [0.1, 0.15) is 26.3 Å². The Bertz CT molecular complexity index is 445. The molecule has 0 spiro atoms. The van der Waals surface area contributed by atoms with Crippen LogP contribution in [-0.4, -0.2) is 30.9 Å². The zero-order valence-corrected chi connectivity index (χ0v) is 12.3. The lowest BCUT2D eigenvalue weighted by molar-refractivity contribution is -0.169. The molecule has 3 atom stereocenters. The van der Waals surface area contributed by atoms with Gasteiger partial charge >= 0.3 is 5.97 Å². The molecule has 0 amide bonds. The number of carbonyl (C=O) groups is 1. The van der Waals surface area contributed by atoms with Crippen LogP contribution in [0.4, 0.5) is 0 Å². The third kappa shape index (κ3) is 3.38. The Morgan fingerprint density at radius 3 is 2.60 bits per heavy atom. The Morgan fingerprint density at radius 1 is 1.35 bits per heavy atom. The Hall–Kier alpha value is -1.39. The second-order valence-electron chi connectivity index (χ2n) is 5.44. The minimum Gasteiger partial charge on any atom is -0.454 e. The topological polar surface area (TPSA) is 44.8 Å². The van der Waals surface area contributed by atoms with Crippen molar-refractivity contribution in [3.8, 4) is 0 Å². The molecular weight excluding hydrogens is 256 g/mol. The van der Waals surface area contributed by atoms with E-state index < -0.39 is 5.60 Å². The number of ether oxygens (including phenoxy) is 3. The first-order chi connectivity index (χ1) is 9.53. The lowest BCUT2D eigenvalue weighted by Gasteiger charge is -2.31. The van der Waals surface area contributed by atoms with Gasteiger partial charge in [0.05, 0.1) is 25.9 Å². The molecule has 4 nitrogen and oxygen atoms in total. The summed E-state index contributed by atoms with van der Waals surface area (Å²) >= 11 is 0. The molecule has 1 aliphatic rings. The van der Waals surface area contributed by atoms with E-state index in [1.807, 2.05) is 44.2 Å². The van der Waals surface area contributed by atoms with Crippen molar-refractivity contribution >= 4 is 5.97 Å². The van der Waals surface area contributed by atoms with Crippen molar-refractivity contribution in [3.63, 3.8) is 0 Å². The fraction of sp³-hybridized carbons (Fsp3) is 0.562. The third-order valence-corrected chi connectivity index (χ3v) is 3.93. The summed E-state index contributed by atoms with van der Waals surface area (Å²) < 4.78 is 16.9. The molecular formula is C16H22O4. The molecule has 20 heavy (non-hydrogen) atoms. The van der Waals surface area contributed by atoms with E-state index in [2.05, 4.69) is 0 Å². The highest BCUT2D eigenvalue weighted by Crippen LogP contribution is 2.34. The fourth-order valence-corrected chi connectivity index (χ4v) is 2.50. The van der Waals surface area contributed by atoms with E-state index in [1.54, 1.807) is 0 Å². The summed E-state index contributed by atoms with van der Waals surface area (Å²) in [6.45, 7) is 6.70. The lowest BCUT2D eigenvalue weighted by atomic mass is 9.89. The zero-order chi connectivity index (χ0) is 14.6. The van der Waals surface area contributed by atoms with Crippen molar-refractivity contribution in [2.45, 2.75) is 39.1 Å². The number of rotatable bonds is 5. The lowest BCUT2D eigenvalue weighted by Crippen LogP contribution is -2.46. The van der Waals surface area contributed by atoms with Gasteiger partial charge in [0.25, 0.3) is 0 Å². The molecule has 1 aromatic rings. The molecule has 1 fully saturated rings. The molecule has 2 rings (SSSR count). The smallest absolute Gasteiger partial charge is 0.303 e. The standard InChI is InChI=1S/C16H22O4/c1-12-13(2)19-11-16(12,20-14(3)17)10-18-9-15-7-5-4-6-8-15/h4-8,12-13H,9-11H2,1-3H3/t12?,13-,16+/m0/s1. The van der Waals surface area contributed by atoms with E-state index in [1.165, 1.54) is 6.92 Å². The summed E-state index contributed by atoms with van der Waals surface area (Å²) in [5.74, 6) is -0.181. The molecule has 0 saturated carbocycles. The predicted octanol–water partition coefficient (Wildman–Crippen LogP) is 2.56. The first-order valence-corrected chi connectivity index (χ1v) is 6.96. The molecule has 0 bridgehead atoms. The zero-order valence-electron chi connectivity index (χ0n) is 12.3. The van der Waals surface area contributed by atoms with Crippen LogP contribution in [0.2, 0.25) is 0 Å². The van der Waals surface area contributed by atoms with Crippen LogP contribution in [0.15, 0.2) is 30.3 Å². The molecule has 110 valence electrons. The van der Waals surface area contributed by atoms with Crippen LogP contribution < -0.4 is 0 Å². The van der Waals surface area contributed by atoms with Crippen LogP contribution in [0, 0.1) is 5.92 Å². The maximum absolute atomic E-state index is 11.4. The van der Waals surface area contributed by atoms with Crippen molar-refractivity contribution < 1.29 is 19.0 Å². The second-order valence-corrected chi connectivity index (χ2v) is 5.44. The fourth-order valence-electron chi connectivity index (χ4n) is 2.50. The van der Waals surface area contributed by atoms with Gasteiger partial charge in [-0.05, 0) is 12.5 Å². The first-order valence-electron chi connectivity index (χ1n) is 6.96. The van der Waals surface area contributed by atoms with Gasteiger partial charge in [0.2, 0.25) is 0 Å². The minimum atomic E-state index is -0.667. The number of hydrogen-bond donors (Lipinski definition) is 0. The van der Waals surface area contributed by atoms with Gasteiger partial charge in [0.1, 0.15) is 0 Å². The summed E-state index contributed by atoms with van der Waals surface area (Å²) in [5, 5.41) is 0.